The van der Waals surface area contributed by atoms with Crippen molar-refractivity contribution in [3.05, 3.63) is 70.9 Å². The van der Waals surface area contributed by atoms with Crippen molar-refractivity contribution in [2.75, 3.05) is 17.2 Å². The molecule has 0 saturated carbocycles. The summed E-state index contributed by atoms with van der Waals surface area (Å²) in [6.45, 7) is 5.55. The second kappa shape index (κ2) is 8.41. The summed E-state index contributed by atoms with van der Waals surface area (Å²) in [5.74, 6) is -0.353. The Hall–Kier alpha value is -2.35. The lowest BCUT2D eigenvalue weighted by Gasteiger charge is -2.20. The van der Waals surface area contributed by atoms with Crippen molar-refractivity contribution in [3.8, 4) is 0 Å². The third-order valence-electron chi connectivity index (χ3n) is 5.22. The van der Waals surface area contributed by atoms with E-state index in [1.54, 1.807) is 11.8 Å². The molecule has 0 aliphatic carbocycles. The monoisotopic (exact) mass is 440 g/mol. The highest BCUT2D eigenvalue weighted by Crippen LogP contribution is 2.46. The van der Waals surface area contributed by atoms with Gasteiger partial charge in [-0.1, -0.05) is 30.0 Å². The summed E-state index contributed by atoms with van der Waals surface area (Å²) in [5.41, 5.74) is 4.55. The van der Waals surface area contributed by atoms with Crippen molar-refractivity contribution in [3.63, 3.8) is 0 Å². The average Bonchev–Trinajstić information content (AvgIpc) is 3.04. The third-order valence-corrected chi connectivity index (χ3v) is 7.12. The van der Waals surface area contributed by atoms with E-state index >= 15 is 0 Å². The largest absolute Gasteiger partial charge is 0.748 e. The van der Waals surface area contributed by atoms with Gasteiger partial charge in [0.2, 0.25) is 11.2 Å². The van der Waals surface area contributed by atoms with Gasteiger partial charge in [-0.3, -0.25) is 0 Å². The van der Waals surface area contributed by atoms with Gasteiger partial charge < -0.3 is 9.45 Å². The Balaban J connectivity index is 1.74. The molecule has 2 heterocycles. The van der Waals surface area contributed by atoms with Gasteiger partial charge in [-0.25, -0.2) is 8.42 Å². The highest BCUT2D eigenvalue weighted by molar-refractivity contribution is 8.03. The van der Waals surface area contributed by atoms with Gasteiger partial charge in [-0.05, 0) is 50.1 Å². The normalized spacial score (nSPS) is 15.2. The molecule has 0 unspecified atom stereocenters. The summed E-state index contributed by atoms with van der Waals surface area (Å²) in [6, 6.07) is 18.8. The fourth-order valence-electron chi connectivity index (χ4n) is 3.83. The Bertz CT molecular complexity index is 1240. The van der Waals surface area contributed by atoms with Gasteiger partial charge in [-0.15, -0.1) is 0 Å². The Morgan fingerprint density at radius 3 is 2.67 bits per heavy atom. The Morgan fingerprint density at radius 1 is 1.13 bits per heavy atom. The lowest BCUT2D eigenvalue weighted by molar-refractivity contribution is -0.669. The van der Waals surface area contributed by atoms with E-state index < -0.39 is 10.1 Å². The van der Waals surface area contributed by atoms with Gasteiger partial charge in [0.1, 0.15) is 6.54 Å². The molecule has 5 nitrogen and oxygen atoms in total. The molecule has 0 amide bonds. The smallest absolute Gasteiger partial charge is 0.213 e. The van der Waals surface area contributed by atoms with E-state index in [1.165, 1.54) is 16.5 Å². The molecule has 0 N–H and O–H groups in total. The molecule has 7 heteroatoms. The van der Waals surface area contributed by atoms with E-state index in [1.807, 2.05) is 18.2 Å². The SMILES string of the molecule is CC[n+]1c(/C=C2\Sc3ccccc3N2CCCS(=O)(=O)[O-])ccc2ccc(C)cc21. The van der Waals surface area contributed by atoms with Crippen molar-refractivity contribution in [2.45, 2.75) is 31.7 Å². The number of para-hydroxylation sites is 1. The molecular formula is C23H24N2O3S2. The van der Waals surface area contributed by atoms with E-state index in [0.29, 0.717) is 13.0 Å². The van der Waals surface area contributed by atoms with Gasteiger partial charge in [0.05, 0.1) is 20.8 Å². The first-order chi connectivity index (χ1) is 14.4. The van der Waals surface area contributed by atoms with Crippen LogP contribution in [0.4, 0.5) is 5.69 Å². The molecular weight excluding hydrogens is 416 g/mol. The van der Waals surface area contributed by atoms with Crippen molar-refractivity contribution in [1.82, 2.24) is 0 Å². The van der Waals surface area contributed by atoms with E-state index in [0.717, 1.165) is 27.9 Å². The molecule has 30 heavy (non-hydrogen) atoms. The van der Waals surface area contributed by atoms with Crippen molar-refractivity contribution >= 4 is 44.5 Å². The highest BCUT2D eigenvalue weighted by Gasteiger charge is 2.26. The second-order valence-electron chi connectivity index (χ2n) is 7.38. The molecule has 0 fully saturated rings. The summed E-state index contributed by atoms with van der Waals surface area (Å²) >= 11 is 1.67. The van der Waals surface area contributed by atoms with Crippen LogP contribution >= 0.6 is 11.8 Å². The molecule has 0 spiro atoms. The standard InChI is InChI=1S/C23H24N2O3S2/c1-3-24-19(12-11-18-10-9-17(2)15-21(18)24)16-23-25(13-6-14-30(26,27)28)20-7-4-5-8-22(20)29-23/h4-5,7-12,15-16H,3,6,13-14H2,1-2H3. The predicted molar refractivity (Wildman–Crippen MR) is 121 cm³/mol. The van der Waals surface area contributed by atoms with Gasteiger partial charge in [0, 0.05) is 40.8 Å². The van der Waals surface area contributed by atoms with Crippen LogP contribution in [-0.2, 0) is 16.7 Å². The summed E-state index contributed by atoms with van der Waals surface area (Å²) in [7, 11) is -4.22. The molecule has 4 rings (SSSR count). The second-order valence-corrected chi connectivity index (χ2v) is 9.97. The highest BCUT2D eigenvalue weighted by atomic mass is 32.2. The number of thioether (sulfide) groups is 1. The molecule has 0 radical (unpaired) electrons. The number of nitrogens with zero attached hydrogens (tertiary/aromatic N) is 2. The van der Waals surface area contributed by atoms with E-state index in [2.05, 4.69) is 65.8 Å². The van der Waals surface area contributed by atoms with Gasteiger partial charge >= 0.3 is 0 Å². The van der Waals surface area contributed by atoms with Crippen LogP contribution in [0.3, 0.4) is 0 Å². The molecule has 1 aliphatic rings. The van der Waals surface area contributed by atoms with Gasteiger partial charge in [0.25, 0.3) is 0 Å². The number of anilines is 1. The van der Waals surface area contributed by atoms with Gasteiger partial charge in [-0.2, -0.15) is 4.57 Å². The number of aryl methyl sites for hydroxylation is 2. The maximum absolute atomic E-state index is 11.1. The number of pyridine rings is 1. The van der Waals surface area contributed by atoms with Crippen LogP contribution in [0.15, 0.2) is 64.5 Å². The van der Waals surface area contributed by atoms with E-state index in [4.69, 9.17) is 0 Å². The molecule has 156 valence electrons. The molecule has 2 aromatic carbocycles. The number of rotatable bonds is 6. The zero-order valence-corrected chi connectivity index (χ0v) is 18.7. The Morgan fingerprint density at radius 2 is 1.90 bits per heavy atom. The van der Waals surface area contributed by atoms with Crippen LogP contribution < -0.4 is 9.47 Å². The van der Waals surface area contributed by atoms with E-state index in [-0.39, 0.29) is 5.75 Å². The predicted octanol–water partition coefficient (Wildman–Crippen LogP) is 4.30. The zero-order valence-electron chi connectivity index (χ0n) is 17.0. The first kappa shape index (κ1) is 20.9. The minimum Gasteiger partial charge on any atom is -0.748 e. The average molecular weight is 441 g/mol. The van der Waals surface area contributed by atoms with Crippen molar-refractivity contribution in [1.29, 1.82) is 0 Å². The summed E-state index contributed by atoms with van der Waals surface area (Å²) in [5, 5.41) is 2.23. The number of hydrogen-bond acceptors (Lipinski definition) is 5. The number of fused-ring (bicyclic) bond motifs is 2. The number of hydrogen-bond donors (Lipinski definition) is 0. The number of aromatic nitrogens is 1. The molecule has 0 saturated heterocycles. The fourth-order valence-corrected chi connectivity index (χ4v) is 5.45. The maximum Gasteiger partial charge on any atom is 0.213 e. The van der Waals surface area contributed by atoms with Crippen LogP contribution in [0.2, 0.25) is 0 Å². The topological polar surface area (TPSA) is 64.3 Å². The van der Waals surface area contributed by atoms with Crippen molar-refractivity contribution in [2.24, 2.45) is 0 Å². The first-order valence-corrected chi connectivity index (χ1v) is 12.4. The summed E-state index contributed by atoms with van der Waals surface area (Å²) in [6.07, 6.45) is 2.45. The summed E-state index contributed by atoms with van der Waals surface area (Å²) in [4.78, 5) is 3.25. The maximum atomic E-state index is 11.1. The zero-order chi connectivity index (χ0) is 21.3. The lowest BCUT2D eigenvalue weighted by atomic mass is 10.1. The van der Waals surface area contributed by atoms with Crippen LogP contribution in [0, 0.1) is 6.92 Å². The lowest BCUT2D eigenvalue weighted by Crippen LogP contribution is -2.37. The minimum absolute atomic E-state index is 0.294. The fraction of sp³-hybridized carbons (Fsp3) is 0.261. The van der Waals surface area contributed by atoms with Crippen LogP contribution in [0.1, 0.15) is 24.6 Å². The Labute approximate surface area is 181 Å². The van der Waals surface area contributed by atoms with E-state index in [9.17, 15) is 13.0 Å². The molecule has 0 atom stereocenters. The Kier molecular flexibility index (Phi) is 5.86. The van der Waals surface area contributed by atoms with Gasteiger partial charge in [0.15, 0.2) is 0 Å². The van der Waals surface area contributed by atoms with Crippen LogP contribution in [-0.4, -0.2) is 25.3 Å². The molecule has 1 aliphatic heterocycles. The molecule has 0 bridgehead atoms. The van der Waals surface area contributed by atoms with Crippen LogP contribution in [0.25, 0.3) is 17.0 Å². The van der Waals surface area contributed by atoms with Crippen LogP contribution in [0.5, 0.6) is 0 Å². The quantitative estimate of drug-likeness (QED) is 0.422. The minimum atomic E-state index is -4.22. The summed E-state index contributed by atoms with van der Waals surface area (Å²) < 4.78 is 35.5. The third kappa shape index (κ3) is 4.38. The van der Waals surface area contributed by atoms with Crippen molar-refractivity contribution < 1.29 is 17.5 Å². The molecule has 3 aromatic rings. The number of benzene rings is 2. The first-order valence-electron chi connectivity index (χ1n) is 9.98. The molecule has 1 aromatic heterocycles.